The smallest absolute Gasteiger partial charge is 0.262 e. The van der Waals surface area contributed by atoms with Crippen LogP contribution in [0.5, 0.6) is 5.75 Å². The van der Waals surface area contributed by atoms with Crippen LogP contribution in [0.2, 0.25) is 0 Å². The van der Waals surface area contributed by atoms with E-state index in [0.717, 1.165) is 0 Å². The Morgan fingerprint density at radius 3 is 2.79 bits per heavy atom. The summed E-state index contributed by atoms with van der Waals surface area (Å²) < 4.78 is 18.6. The predicted molar refractivity (Wildman–Crippen MR) is 69.9 cm³/mol. The lowest BCUT2D eigenvalue weighted by molar-refractivity contribution is 0.0988. The molecule has 2 aromatic rings. The number of carbonyl (C=O) groups is 1. The van der Waals surface area contributed by atoms with Gasteiger partial charge in [-0.2, -0.15) is 4.39 Å². The third-order valence-electron chi connectivity index (χ3n) is 2.73. The number of amides is 1. The molecule has 0 saturated heterocycles. The summed E-state index contributed by atoms with van der Waals surface area (Å²) in [5.74, 6) is -0.607. The minimum Gasteiger partial charge on any atom is -0.497 e. The highest BCUT2D eigenvalue weighted by molar-refractivity contribution is 6.05. The van der Waals surface area contributed by atoms with Crippen LogP contribution in [-0.2, 0) is 0 Å². The van der Waals surface area contributed by atoms with Gasteiger partial charge in [0.25, 0.3) is 5.91 Å². The van der Waals surface area contributed by atoms with Crippen molar-refractivity contribution in [3.8, 4) is 5.75 Å². The lowest BCUT2D eigenvalue weighted by Gasteiger charge is -2.18. The Hall–Kier alpha value is -2.43. The summed E-state index contributed by atoms with van der Waals surface area (Å²) >= 11 is 0. The molecule has 0 aliphatic carbocycles. The van der Waals surface area contributed by atoms with E-state index in [1.54, 1.807) is 38.4 Å². The molecular formula is C14H13FN2O2. The SMILES string of the molecule is COc1cccc(N(C)C(=O)c2cccnc2F)c1. The Morgan fingerprint density at radius 1 is 1.32 bits per heavy atom. The zero-order valence-electron chi connectivity index (χ0n) is 10.6. The predicted octanol–water partition coefficient (Wildman–Crippen LogP) is 2.51. The molecule has 1 aromatic heterocycles. The second-order valence-corrected chi connectivity index (χ2v) is 3.91. The van der Waals surface area contributed by atoms with Gasteiger partial charge in [-0.15, -0.1) is 0 Å². The summed E-state index contributed by atoms with van der Waals surface area (Å²) in [5.41, 5.74) is 0.556. The zero-order chi connectivity index (χ0) is 13.8. The molecule has 5 heteroatoms. The first kappa shape index (κ1) is 13.0. The minimum absolute atomic E-state index is 0.0622. The molecule has 0 N–H and O–H groups in total. The van der Waals surface area contributed by atoms with Crippen LogP contribution in [0, 0.1) is 5.95 Å². The molecule has 1 amide bonds. The molecule has 98 valence electrons. The van der Waals surface area contributed by atoms with E-state index in [1.807, 2.05) is 0 Å². The number of carbonyl (C=O) groups excluding carboxylic acids is 1. The number of aromatic nitrogens is 1. The number of hydrogen-bond acceptors (Lipinski definition) is 3. The van der Waals surface area contributed by atoms with Gasteiger partial charge in [0.15, 0.2) is 0 Å². The average Bonchev–Trinajstić information content (AvgIpc) is 2.46. The fourth-order valence-electron chi connectivity index (χ4n) is 1.66. The van der Waals surface area contributed by atoms with Crippen LogP contribution >= 0.6 is 0 Å². The Morgan fingerprint density at radius 2 is 2.11 bits per heavy atom. The maximum Gasteiger partial charge on any atom is 0.262 e. The summed E-state index contributed by atoms with van der Waals surface area (Å²) in [7, 11) is 3.12. The van der Waals surface area contributed by atoms with Crippen molar-refractivity contribution in [2.75, 3.05) is 19.1 Å². The zero-order valence-corrected chi connectivity index (χ0v) is 10.6. The maximum atomic E-state index is 13.5. The van der Waals surface area contributed by atoms with Crippen molar-refractivity contribution in [1.82, 2.24) is 4.98 Å². The standard InChI is InChI=1S/C14H13FN2O2/c1-17(10-5-3-6-11(9-10)19-2)14(18)12-7-4-8-16-13(12)15/h3-9H,1-2H3. The van der Waals surface area contributed by atoms with Gasteiger partial charge in [-0.25, -0.2) is 4.98 Å². The van der Waals surface area contributed by atoms with E-state index in [-0.39, 0.29) is 5.56 Å². The molecule has 0 radical (unpaired) electrons. The Bertz CT molecular complexity index is 602. The number of methoxy groups -OCH3 is 1. The van der Waals surface area contributed by atoms with Crippen LogP contribution in [0.25, 0.3) is 0 Å². The second-order valence-electron chi connectivity index (χ2n) is 3.91. The monoisotopic (exact) mass is 260 g/mol. The van der Waals surface area contributed by atoms with Gasteiger partial charge in [0, 0.05) is 25.0 Å². The van der Waals surface area contributed by atoms with E-state index in [9.17, 15) is 9.18 Å². The van der Waals surface area contributed by atoms with Crippen LogP contribution in [0.15, 0.2) is 42.6 Å². The Kier molecular flexibility index (Phi) is 3.75. The lowest BCUT2D eigenvalue weighted by atomic mass is 10.2. The summed E-state index contributed by atoms with van der Waals surface area (Å²) in [6.07, 6.45) is 1.30. The molecular weight excluding hydrogens is 247 g/mol. The van der Waals surface area contributed by atoms with E-state index in [4.69, 9.17) is 4.74 Å². The third-order valence-corrected chi connectivity index (χ3v) is 2.73. The first-order valence-electron chi connectivity index (χ1n) is 5.66. The van der Waals surface area contributed by atoms with Gasteiger partial charge < -0.3 is 9.64 Å². The highest BCUT2D eigenvalue weighted by Crippen LogP contribution is 2.21. The van der Waals surface area contributed by atoms with Crippen LogP contribution in [0.4, 0.5) is 10.1 Å². The van der Waals surface area contributed by atoms with E-state index in [0.29, 0.717) is 11.4 Å². The molecule has 4 nitrogen and oxygen atoms in total. The maximum absolute atomic E-state index is 13.5. The number of anilines is 1. The van der Waals surface area contributed by atoms with Crippen molar-refractivity contribution in [2.45, 2.75) is 0 Å². The molecule has 19 heavy (non-hydrogen) atoms. The summed E-state index contributed by atoms with van der Waals surface area (Å²) in [4.78, 5) is 17.0. The van der Waals surface area contributed by atoms with Gasteiger partial charge in [0.1, 0.15) is 5.75 Å². The van der Waals surface area contributed by atoms with Gasteiger partial charge in [0.05, 0.1) is 12.7 Å². The molecule has 0 aliphatic rings. The van der Waals surface area contributed by atoms with E-state index in [1.165, 1.54) is 23.2 Å². The average molecular weight is 260 g/mol. The highest BCUT2D eigenvalue weighted by atomic mass is 19.1. The molecule has 1 heterocycles. The number of nitrogens with zero attached hydrogens (tertiary/aromatic N) is 2. The molecule has 0 fully saturated rings. The first-order chi connectivity index (χ1) is 9.13. The molecule has 2 rings (SSSR count). The largest absolute Gasteiger partial charge is 0.497 e. The van der Waals surface area contributed by atoms with Crippen molar-refractivity contribution >= 4 is 11.6 Å². The normalized spacial score (nSPS) is 10.1. The van der Waals surface area contributed by atoms with Crippen molar-refractivity contribution < 1.29 is 13.9 Å². The van der Waals surface area contributed by atoms with Gasteiger partial charge in [-0.1, -0.05) is 6.07 Å². The van der Waals surface area contributed by atoms with Crippen molar-refractivity contribution in [1.29, 1.82) is 0 Å². The number of pyridine rings is 1. The summed E-state index contributed by atoms with van der Waals surface area (Å²) in [6.45, 7) is 0. The van der Waals surface area contributed by atoms with Crippen molar-refractivity contribution in [3.05, 3.63) is 54.1 Å². The van der Waals surface area contributed by atoms with Crippen LogP contribution < -0.4 is 9.64 Å². The van der Waals surface area contributed by atoms with Gasteiger partial charge in [-0.05, 0) is 24.3 Å². The molecule has 0 atom stereocenters. The van der Waals surface area contributed by atoms with Gasteiger partial charge in [-0.3, -0.25) is 4.79 Å². The number of ether oxygens (including phenoxy) is 1. The van der Waals surface area contributed by atoms with Crippen LogP contribution in [0.1, 0.15) is 10.4 Å². The molecule has 1 aromatic carbocycles. The third kappa shape index (κ3) is 2.70. The quantitative estimate of drug-likeness (QED) is 0.796. The number of benzene rings is 1. The number of rotatable bonds is 3. The van der Waals surface area contributed by atoms with E-state index < -0.39 is 11.9 Å². The molecule has 0 saturated carbocycles. The van der Waals surface area contributed by atoms with Gasteiger partial charge in [0.2, 0.25) is 5.95 Å². The van der Waals surface area contributed by atoms with Gasteiger partial charge >= 0.3 is 0 Å². The van der Waals surface area contributed by atoms with E-state index >= 15 is 0 Å². The fourth-order valence-corrected chi connectivity index (χ4v) is 1.66. The first-order valence-corrected chi connectivity index (χ1v) is 5.66. The summed E-state index contributed by atoms with van der Waals surface area (Å²) in [6, 6.07) is 9.90. The van der Waals surface area contributed by atoms with Crippen LogP contribution in [-0.4, -0.2) is 25.0 Å². The molecule has 0 unspecified atom stereocenters. The highest BCUT2D eigenvalue weighted by Gasteiger charge is 2.18. The lowest BCUT2D eigenvalue weighted by Crippen LogP contribution is -2.27. The Balaban J connectivity index is 2.31. The molecule has 0 bridgehead atoms. The second kappa shape index (κ2) is 5.48. The number of halogens is 1. The Labute approximate surface area is 110 Å². The van der Waals surface area contributed by atoms with Crippen molar-refractivity contribution in [2.24, 2.45) is 0 Å². The van der Waals surface area contributed by atoms with Crippen molar-refractivity contribution in [3.63, 3.8) is 0 Å². The van der Waals surface area contributed by atoms with E-state index in [2.05, 4.69) is 4.98 Å². The molecule has 0 spiro atoms. The van der Waals surface area contributed by atoms with Crippen LogP contribution in [0.3, 0.4) is 0 Å². The minimum atomic E-state index is -0.776. The fraction of sp³-hybridized carbons (Fsp3) is 0.143. The number of hydrogen-bond donors (Lipinski definition) is 0. The summed E-state index contributed by atoms with van der Waals surface area (Å²) in [5, 5.41) is 0. The molecule has 0 aliphatic heterocycles. The topological polar surface area (TPSA) is 42.4 Å².